The molecule has 3 aromatic rings. The minimum atomic E-state index is -0.586. The number of likely N-dealkylation sites (N-methyl/N-ethyl adjacent to an activating group) is 1. The van der Waals surface area contributed by atoms with Crippen molar-refractivity contribution in [3.63, 3.8) is 0 Å². The van der Waals surface area contributed by atoms with Crippen LogP contribution in [0.15, 0.2) is 24.5 Å². The lowest BCUT2D eigenvalue weighted by Crippen LogP contribution is -2.37. The molecule has 4 N–H and O–H groups in total. The lowest BCUT2D eigenvalue weighted by atomic mass is 9.77. The maximum atomic E-state index is 12.6. The minimum absolute atomic E-state index is 0.00662. The highest BCUT2D eigenvalue weighted by molar-refractivity contribution is 5.79. The number of methoxy groups -OCH3 is 2. The van der Waals surface area contributed by atoms with Crippen LogP contribution in [-0.2, 0) is 35.7 Å². The van der Waals surface area contributed by atoms with Gasteiger partial charge in [0.2, 0.25) is 5.91 Å². The molecule has 3 fully saturated rings. The Morgan fingerprint density at radius 3 is 1.95 bits per heavy atom. The molecule has 4 aliphatic rings. The van der Waals surface area contributed by atoms with Gasteiger partial charge in [0, 0.05) is 17.7 Å². The Kier molecular flexibility index (Phi) is 21.9. The number of likely N-dealkylation sites (tertiary alicyclic amines) is 2. The number of nitrogens with one attached hydrogen (secondary N) is 4. The molecule has 14 heteroatoms. The molecular formula is C47H68N8O6. The second kappa shape index (κ2) is 26.7. The van der Waals surface area contributed by atoms with Crippen molar-refractivity contribution in [1.82, 2.24) is 40.4 Å². The molecule has 2 amide bonds. The molecule has 0 radical (unpaired) electrons. The van der Waals surface area contributed by atoms with Gasteiger partial charge in [0.05, 0.1) is 51.8 Å². The highest BCUT2D eigenvalue weighted by atomic mass is 16.5. The normalized spacial score (nSPS) is 17.7. The third kappa shape index (κ3) is 14.3. The standard InChI is InChI=1S/C35H41N7O.C4H7NO3.2C3H8.C2H4O2/c1-36-23-31(43)42-20-6-8-30(42)34-38-22-26(40-34)13-11-24-9-10-25(32-28(24)15-18-35(32)16-3-4-17-35)12-14-27-21-37-33(39-27)29-7-5-19-41(29)2;1-8-4(7)5-2-3-6;2*1-3-2;1-4-2-3/h9-10,21-22,29-30,36H,3-8,15-20,23H2,1-2H3,(H,37,39)(H,38,40);3H,2H2,1H3,(H,5,7);2*3H2,1-2H3;2H,1H3/t29?,30-;;;;/m1..../s1. The van der Waals surface area contributed by atoms with E-state index in [-0.39, 0.29) is 23.9 Å². The predicted molar refractivity (Wildman–Crippen MR) is 238 cm³/mol. The molecule has 4 heterocycles. The predicted octanol–water partition coefficient (Wildman–Crippen LogP) is 6.50. The Bertz CT molecular complexity index is 1960. The fourth-order valence-corrected chi connectivity index (χ4v) is 8.24. The van der Waals surface area contributed by atoms with E-state index in [1.54, 1.807) is 7.05 Å². The summed E-state index contributed by atoms with van der Waals surface area (Å²) in [4.78, 5) is 61.6. The van der Waals surface area contributed by atoms with Crippen LogP contribution in [0.3, 0.4) is 0 Å². The van der Waals surface area contributed by atoms with Gasteiger partial charge in [-0.05, 0) is 113 Å². The monoisotopic (exact) mass is 841 g/mol. The van der Waals surface area contributed by atoms with Crippen LogP contribution in [0, 0.1) is 23.7 Å². The first-order valence-electron chi connectivity index (χ1n) is 21.8. The molecule has 2 saturated heterocycles. The molecule has 7 rings (SSSR count). The van der Waals surface area contributed by atoms with Gasteiger partial charge in [-0.15, -0.1) is 0 Å². The van der Waals surface area contributed by atoms with Crippen molar-refractivity contribution in [1.29, 1.82) is 0 Å². The molecule has 0 bridgehead atoms. The first-order chi connectivity index (χ1) is 29.6. The van der Waals surface area contributed by atoms with E-state index in [2.05, 4.69) is 116 Å². The molecule has 2 atom stereocenters. The molecule has 2 aliphatic heterocycles. The SMILES string of the molecule is CCC.CCC.CNCC(=O)N1CCC[C@@H]1c1ncc(C#Cc2ccc(C#Cc3cnc(C4CCCN4C)[nH]3)c3c2CCC32CCCC2)[nH]1.COC(=O)NCC=O.COC=O. The Morgan fingerprint density at radius 2 is 1.41 bits per heavy atom. The van der Waals surface area contributed by atoms with Crippen molar-refractivity contribution in [3.05, 3.63) is 69.8 Å². The van der Waals surface area contributed by atoms with Crippen molar-refractivity contribution in [2.24, 2.45) is 0 Å². The number of ether oxygens (including phenoxy) is 2. The summed E-state index contributed by atoms with van der Waals surface area (Å²) < 4.78 is 8.00. The van der Waals surface area contributed by atoms with Crippen LogP contribution in [0.1, 0.15) is 156 Å². The Balaban J connectivity index is 0.000000469. The van der Waals surface area contributed by atoms with Crippen LogP contribution in [-0.4, -0.2) is 109 Å². The number of benzene rings is 1. The summed E-state index contributed by atoms with van der Waals surface area (Å²) in [5.41, 5.74) is 6.96. The smallest absolute Gasteiger partial charge is 0.407 e. The van der Waals surface area contributed by atoms with Crippen molar-refractivity contribution in [2.45, 2.75) is 122 Å². The first kappa shape index (κ1) is 49.9. The fraction of sp³-hybridized carbons (Fsp3) is 0.574. The number of H-pyrrole nitrogens is 2. The van der Waals surface area contributed by atoms with E-state index in [0.29, 0.717) is 25.3 Å². The fourth-order valence-electron chi connectivity index (χ4n) is 8.24. The second-order valence-electron chi connectivity index (χ2n) is 15.6. The topological polar surface area (TPSA) is 175 Å². The van der Waals surface area contributed by atoms with Gasteiger partial charge in [0.15, 0.2) is 0 Å². The van der Waals surface area contributed by atoms with Gasteiger partial charge in [0.1, 0.15) is 29.3 Å². The molecule has 1 aromatic carbocycles. The first-order valence-corrected chi connectivity index (χ1v) is 21.8. The van der Waals surface area contributed by atoms with Crippen LogP contribution >= 0.6 is 0 Å². The van der Waals surface area contributed by atoms with Gasteiger partial charge in [-0.3, -0.25) is 14.5 Å². The largest absolute Gasteiger partial charge is 0.471 e. The number of amides is 2. The number of fused-ring (bicyclic) bond motifs is 2. The quantitative estimate of drug-likeness (QED) is 0.152. The lowest BCUT2D eigenvalue weighted by Gasteiger charge is -2.25. The number of aromatic amines is 2. The van der Waals surface area contributed by atoms with Gasteiger partial charge in [0.25, 0.3) is 6.47 Å². The van der Waals surface area contributed by atoms with Crippen LogP contribution in [0.4, 0.5) is 4.79 Å². The Labute approximate surface area is 363 Å². The number of alkyl carbamates (subject to hydrolysis) is 1. The lowest BCUT2D eigenvalue weighted by molar-refractivity contribution is -0.131. The number of nitrogens with zero attached hydrogens (tertiary/aromatic N) is 4. The Morgan fingerprint density at radius 1 is 0.852 bits per heavy atom. The molecule has 1 unspecified atom stereocenters. The molecule has 332 valence electrons. The summed E-state index contributed by atoms with van der Waals surface area (Å²) in [6.45, 7) is 11.1. The molecule has 1 saturated carbocycles. The number of hydrogen-bond acceptors (Lipinski definition) is 10. The third-order valence-electron chi connectivity index (χ3n) is 10.8. The zero-order valence-electron chi connectivity index (χ0n) is 37.7. The van der Waals surface area contributed by atoms with Crippen LogP contribution < -0.4 is 10.6 Å². The summed E-state index contributed by atoms with van der Waals surface area (Å²) in [7, 11) is 6.52. The molecule has 14 nitrogen and oxygen atoms in total. The van der Waals surface area contributed by atoms with Crippen molar-refractivity contribution in [2.75, 3.05) is 54.5 Å². The van der Waals surface area contributed by atoms with E-state index in [0.717, 1.165) is 72.9 Å². The highest BCUT2D eigenvalue weighted by Crippen LogP contribution is 2.52. The summed E-state index contributed by atoms with van der Waals surface area (Å²) in [5.74, 6) is 15.8. The Hall–Kier alpha value is -5.44. The molecule has 2 aromatic heterocycles. The molecular weight excluding hydrogens is 773 g/mol. The van der Waals surface area contributed by atoms with Crippen molar-refractivity contribution < 1.29 is 28.7 Å². The van der Waals surface area contributed by atoms with E-state index >= 15 is 0 Å². The number of aromatic nitrogens is 4. The third-order valence-corrected chi connectivity index (χ3v) is 10.8. The number of hydrogen-bond donors (Lipinski definition) is 4. The second-order valence-corrected chi connectivity index (χ2v) is 15.6. The maximum absolute atomic E-state index is 12.6. The number of aldehydes is 1. The highest BCUT2D eigenvalue weighted by Gasteiger charge is 2.43. The minimum Gasteiger partial charge on any atom is -0.471 e. The van der Waals surface area contributed by atoms with Gasteiger partial charge in [-0.25, -0.2) is 14.8 Å². The van der Waals surface area contributed by atoms with E-state index in [9.17, 15) is 14.4 Å². The van der Waals surface area contributed by atoms with E-state index in [4.69, 9.17) is 4.79 Å². The molecule has 1 spiro atoms. The number of imidazole rings is 2. The van der Waals surface area contributed by atoms with Crippen LogP contribution in [0.2, 0.25) is 0 Å². The van der Waals surface area contributed by atoms with Crippen molar-refractivity contribution in [3.8, 4) is 23.7 Å². The van der Waals surface area contributed by atoms with Crippen LogP contribution in [0.5, 0.6) is 0 Å². The molecule has 2 aliphatic carbocycles. The summed E-state index contributed by atoms with van der Waals surface area (Å²) in [6.07, 6.45) is 17.7. The summed E-state index contributed by atoms with van der Waals surface area (Å²) in [6, 6.07) is 4.70. The molecule has 61 heavy (non-hydrogen) atoms. The zero-order chi connectivity index (χ0) is 44.6. The van der Waals surface area contributed by atoms with Crippen molar-refractivity contribution >= 4 is 24.8 Å². The zero-order valence-corrected chi connectivity index (χ0v) is 37.7. The van der Waals surface area contributed by atoms with E-state index in [1.807, 2.05) is 17.3 Å². The van der Waals surface area contributed by atoms with Crippen LogP contribution in [0.25, 0.3) is 0 Å². The van der Waals surface area contributed by atoms with Gasteiger partial charge in [-0.2, -0.15) is 0 Å². The van der Waals surface area contributed by atoms with Gasteiger partial charge in [-0.1, -0.05) is 65.2 Å². The van der Waals surface area contributed by atoms with Gasteiger partial charge >= 0.3 is 6.09 Å². The maximum Gasteiger partial charge on any atom is 0.407 e. The summed E-state index contributed by atoms with van der Waals surface area (Å²) >= 11 is 0. The summed E-state index contributed by atoms with van der Waals surface area (Å²) in [5, 5.41) is 5.13. The number of carbonyl (C=O) groups is 4. The average molecular weight is 841 g/mol. The van der Waals surface area contributed by atoms with E-state index in [1.165, 1.54) is 76.7 Å². The van der Waals surface area contributed by atoms with Gasteiger partial charge < -0.3 is 39.8 Å². The average Bonchev–Trinajstić information content (AvgIpc) is 4.13. The number of carbonyl (C=O) groups excluding carboxylic acids is 4. The van der Waals surface area contributed by atoms with E-state index < -0.39 is 6.09 Å². The number of rotatable bonds is 7.